The van der Waals surface area contributed by atoms with Crippen LogP contribution in [-0.4, -0.2) is 48.8 Å². The summed E-state index contributed by atoms with van der Waals surface area (Å²) in [7, 11) is -2.71. The first-order chi connectivity index (χ1) is 18.4. The third-order valence-electron chi connectivity index (χ3n) is 6.67. The van der Waals surface area contributed by atoms with Crippen LogP contribution < -0.4 is 14.6 Å². The molecule has 1 aliphatic carbocycles. The molecule has 1 fully saturated rings. The predicted octanol–water partition coefficient (Wildman–Crippen LogP) is 2.93. The van der Waals surface area contributed by atoms with E-state index < -0.39 is 21.5 Å². The number of hydrogen-bond donors (Lipinski definition) is 2. The molecule has 4 rings (SSSR count). The van der Waals surface area contributed by atoms with Crippen molar-refractivity contribution in [3.05, 3.63) is 74.7 Å². The van der Waals surface area contributed by atoms with Crippen LogP contribution in [0, 0.1) is 19.7 Å². The average molecular weight is 576 g/mol. The van der Waals surface area contributed by atoms with E-state index in [9.17, 15) is 22.4 Å². The smallest absolute Gasteiger partial charge is 0.299 e. The number of ether oxygens (including phenoxy) is 1. The minimum atomic E-state index is -4.25. The van der Waals surface area contributed by atoms with Gasteiger partial charge in [0.15, 0.2) is 0 Å². The van der Waals surface area contributed by atoms with Gasteiger partial charge in [-0.05, 0) is 62.8 Å². The van der Waals surface area contributed by atoms with Crippen LogP contribution in [0.15, 0.2) is 36.5 Å². The van der Waals surface area contributed by atoms with Gasteiger partial charge in [0, 0.05) is 11.4 Å². The fraction of sp³-hybridized carbons (Fsp3) is 0.385. The van der Waals surface area contributed by atoms with Crippen molar-refractivity contribution in [1.29, 1.82) is 0 Å². The summed E-state index contributed by atoms with van der Waals surface area (Å²) < 4.78 is 44.1. The van der Waals surface area contributed by atoms with E-state index in [1.165, 1.54) is 11.3 Å². The number of pyridine rings is 1. The SMILES string of the molecule is COc1ccc(C2(C(=O)N(CCCc3cccc(C)c3F)Cc3nc(C(=O)NS(N)(=O)=O)c(C)s3)CC2)nc1. The molecule has 208 valence electrons. The topological polar surface area (TPSA) is 145 Å². The van der Waals surface area contributed by atoms with Crippen molar-refractivity contribution in [3.63, 3.8) is 0 Å². The number of rotatable bonds is 11. The molecule has 0 saturated heterocycles. The van der Waals surface area contributed by atoms with Crippen LogP contribution >= 0.6 is 11.3 Å². The number of nitrogens with one attached hydrogen (secondary N) is 1. The molecule has 1 aliphatic rings. The monoisotopic (exact) mass is 575 g/mol. The number of halogens is 1. The van der Waals surface area contributed by atoms with E-state index in [-0.39, 0.29) is 24.0 Å². The van der Waals surface area contributed by atoms with Crippen LogP contribution in [0.5, 0.6) is 5.75 Å². The van der Waals surface area contributed by atoms with Crippen molar-refractivity contribution < 1.29 is 27.1 Å². The van der Waals surface area contributed by atoms with E-state index in [2.05, 4.69) is 9.97 Å². The van der Waals surface area contributed by atoms with Gasteiger partial charge in [0.2, 0.25) is 5.91 Å². The summed E-state index contributed by atoms with van der Waals surface area (Å²) >= 11 is 1.19. The lowest BCUT2D eigenvalue weighted by Gasteiger charge is -2.27. The number of nitrogens with zero attached hydrogens (tertiary/aromatic N) is 3. The van der Waals surface area contributed by atoms with E-state index in [0.717, 1.165) is 0 Å². The van der Waals surface area contributed by atoms with Crippen molar-refractivity contribution >= 4 is 33.4 Å². The Morgan fingerprint density at radius 2 is 1.97 bits per heavy atom. The minimum absolute atomic E-state index is 0.0730. The van der Waals surface area contributed by atoms with Crippen molar-refractivity contribution in [2.75, 3.05) is 13.7 Å². The number of methoxy groups -OCH3 is 1. The molecule has 0 aliphatic heterocycles. The standard InChI is InChI=1S/C26H30FN5O5S2/c1-16-6-4-7-18(22(16)27)8-5-13-32(15-21-30-23(17(2)38-21)24(33)31-39(28,35)36)25(34)26(11-12-26)20-10-9-19(37-3)14-29-20/h4,6-7,9-10,14H,5,8,11-13,15H2,1-3H3,(H,31,33)(H2,28,35,36). The van der Waals surface area contributed by atoms with Crippen LogP contribution in [0.1, 0.15) is 56.5 Å². The highest BCUT2D eigenvalue weighted by atomic mass is 32.2. The first kappa shape index (κ1) is 28.6. The van der Waals surface area contributed by atoms with Gasteiger partial charge in [-0.15, -0.1) is 11.3 Å². The first-order valence-corrected chi connectivity index (χ1v) is 14.6. The molecular weight excluding hydrogens is 545 g/mol. The zero-order chi connectivity index (χ0) is 28.4. The summed E-state index contributed by atoms with van der Waals surface area (Å²) in [6.07, 6.45) is 3.78. The normalized spacial score (nSPS) is 14.1. The molecule has 2 amide bonds. The number of carbonyl (C=O) groups excluding carboxylic acids is 2. The Bertz CT molecular complexity index is 1490. The van der Waals surface area contributed by atoms with Gasteiger partial charge in [-0.1, -0.05) is 18.2 Å². The van der Waals surface area contributed by atoms with E-state index in [4.69, 9.17) is 9.88 Å². The summed E-state index contributed by atoms with van der Waals surface area (Å²) in [5.74, 6) is -0.736. The molecule has 2 aromatic heterocycles. The molecule has 1 saturated carbocycles. The predicted molar refractivity (Wildman–Crippen MR) is 144 cm³/mol. The average Bonchev–Trinajstić information content (AvgIpc) is 3.61. The summed E-state index contributed by atoms with van der Waals surface area (Å²) in [5.41, 5.74) is 0.933. The third-order valence-corrected chi connectivity index (χ3v) is 8.10. The number of benzene rings is 1. The van der Waals surface area contributed by atoms with Gasteiger partial charge in [-0.25, -0.2) is 19.2 Å². The Morgan fingerprint density at radius 3 is 2.59 bits per heavy atom. The molecule has 0 radical (unpaired) electrons. The van der Waals surface area contributed by atoms with E-state index in [1.807, 2.05) is 0 Å². The van der Waals surface area contributed by atoms with Crippen molar-refractivity contribution in [2.45, 2.75) is 51.5 Å². The number of amides is 2. The van der Waals surface area contributed by atoms with Crippen molar-refractivity contribution in [1.82, 2.24) is 19.6 Å². The zero-order valence-corrected chi connectivity index (χ0v) is 23.5. The molecule has 13 heteroatoms. The number of aromatic nitrogens is 2. The maximum Gasteiger partial charge on any atom is 0.299 e. The second-order valence-electron chi connectivity index (χ2n) is 9.53. The number of hydrogen-bond acceptors (Lipinski definition) is 8. The van der Waals surface area contributed by atoms with E-state index in [0.29, 0.717) is 64.7 Å². The van der Waals surface area contributed by atoms with Crippen molar-refractivity contribution in [3.8, 4) is 5.75 Å². The van der Waals surface area contributed by atoms with Crippen LogP contribution in [0.25, 0.3) is 0 Å². The quantitative estimate of drug-likeness (QED) is 0.358. The minimum Gasteiger partial charge on any atom is -0.495 e. The number of carbonyl (C=O) groups is 2. The largest absolute Gasteiger partial charge is 0.495 e. The lowest BCUT2D eigenvalue weighted by atomic mass is 9.99. The van der Waals surface area contributed by atoms with E-state index in [1.54, 1.807) is 67.1 Å². The molecule has 0 bridgehead atoms. The molecule has 10 nitrogen and oxygen atoms in total. The fourth-order valence-corrected chi connectivity index (χ4v) is 5.78. The molecule has 39 heavy (non-hydrogen) atoms. The number of nitrogens with two attached hydrogens (primary N) is 1. The lowest BCUT2D eigenvalue weighted by Crippen LogP contribution is -2.40. The van der Waals surface area contributed by atoms with Gasteiger partial charge < -0.3 is 9.64 Å². The summed E-state index contributed by atoms with van der Waals surface area (Å²) in [6.45, 7) is 3.76. The van der Waals surface area contributed by atoms with Crippen LogP contribution in [0.4, 0.5) is 4.39 Å². The molecule has 0 spiro atoms. The Balaban J connectivity index is 1.57. The Kier molecular flexibility index (Phi) is 8.33. The summed E-state index contributed by atoms with van der Waals surface area (Å²) in [6, 6.07) is 8.80. The Morgan fingerprint density at radius 1 is 1.23 bits per heavy atom. The Labute approximate surface area is 230 Å². The van der Waals surface area contributed by atoms with Crippen LogP contribution in [0.3, 0.4) is 0 Å². The molecule has 1 aromatic carbocycles. The highest BCUT2D eigenvalue weighted by Gasteiger charge is 2.54. The highest BCUT2D eigenvalue weighted by Crippen LogP contribution is 2.49. The fourth-order valence-electron chi connectivity index (χ4n) is 4.48. The van der Waals surface area contributed by atoms with Gasteiger partial charge in [-0.2, -0.15) is 8.42 Å². The second-order valence-corrected chi connectivity index (χ2v) is 12.1. The van der Waals surface area contributed by atoms with E-state index >= 15 is 0 Å². The van der Waals surface area contributed by atoms with Gasteiger partial charge >= 0.3 is 0 Å². The zero-order valence-electron chi connectivity index (χ0n) is 21.9. The van der Waals surface area contributed by atoms with Gasteiger partial charge in [0.25, 0.3) is 16.1 Å². The second kappa shape index (κ2) is 11.4. The highest BCUT2D eigenvalue weighted by molar-refractivity contribution is 7.87. The lowest BCUT2D eigenvalue weighted by molar-refractivity contribution is -0.134. The van der Waals surface area contributed by atoms with Gasteiger partial charge in [-0.3, -0.25) is 14.6 Å². The summed E-state index contributed by atoms with van der Waals surface area (Å²) in [5, 5.41) is 5.38. The Hall–Kier alpha value is -3.42. The van der Waals surface area contributed by atoms with Gasteiger partial charge in [0.1, 0.15) is 22.3 Å². The number of thiazole rings is 1. The van der Waals surface area contributed by atoms with Crippen molar-refractivity contribution in [2.24, 2.45) is 5.14 Å². The molecule has 0 unspecified atom stereocenters. The molecule has 3 N–H and O–H groups in total. The third kappa shape index (κ3) is 6.60. The van der Waals surface area contributed by atoms with Crippen LogP contribution in [-0.2, 0) is 33.4 Å². The number of aryl methyl sites for hydroxylation is 3. The van der Waals surface area contributed by atoms with Crippen LogP contribution in [0.2, 0.25) is 0 Å². The molecule has 3 aromatic rings. The molecule has 0 atom stereocenters. The maximum absolute atomic E-state index is 14.6. The maximum atomic E-state index is 14.6. The molecule has 2 heterocycles. The van der Waals surface area contributed by atoms with Gasteiger partial charge in [0.05, 0.1) is 31.0 Å². The first-order valence-electron chi connectivity index (χ1n) is 12.3. The summed E-state index contributed by atoms with van der Waals surface area (Å²) in [4.78, 5) is 37.2. The molecular formula is C26H30FN5O5S2.